The SMILES string of the molecule is CC/C(=C/c1cc(Cl)ccc1[N+](=O)[O-])CNC(C)(C)C. The molecule has 0 unspecified atom stereocenters. The van der Waals surface area contributed by atoms with Gasteiger partial charge in [-0.15, -0.1) is 0 Å². The van der Waals surface area contributed by atoms with Crippen molar-refractivity contribution in [2.24, 2.45) is 0 Å². The lowest BCUT2D eigenvalue weighted by Gasteiger charge is -2.21. The molecule has 4 nitrogen and oxygen atoms in total. The number of nitro benzene ring substituents is 1. The zero-order valence-corrected chi connectivity index (χ0v) is 13.1. The Kier molecular flexibility index (Phi) is 5.72. The first kappa shape index (κ1) is 16.7. The summed E-state index contributed by atoms with van der Waals surface area (Å²) in [6, 6.07) is 4.61. The molecule has 0 fully saturated rings. The second-order valence-electron chi connectivity index (χ2n) is 5.72. The second-order valence-corrected chi connectivity index (χ2v) is 6.16. The average molecular weight is 297 g/mol. The average Bonchev–Trinajstić information content (AvgIpc) is 2.33. The summed E-state index contributed by atoms with van der Waals surface area (Å²) in [5.41, 5.74) is 1.74. The van der Waals surface area contributed by atoms with Crippen molar-refractivity contribution in [1.82, 2.24) is 5.32 Å². The van der Waals surface area contributed by atoms with Crippen molar-refractivity contribution in [2.45, 2.75) is 39.7 Å². The summed E-state index contributed by atoms with van der Waals surface area (Å²) < 4.78 is 0. The molecule has 1 aromatic rings. The lowest BCUT2D eigenvalue weighted by atomic mass is 10.0. The lowest BCUT2D eigenvalue weighted by molar-refractivity contribution is -0.385. The van der Waals surface area contributed by atoms with Crippen molar-refractivity contribution in [3.05, 3.63) is 44.5 Å². The van der Waals surface area contributed by atoms with Crippen molar-refractivity contribution < 1.29 is 4.92 Å². The maximum atomic E-state index is 11.0. The van der Waals surface area contributed by atoms with Crippen LogP contribution in [0.3, 0.4) is 0 Å². The maximum Gasteiger partial charge on any atom is 0.276 e. The molecule has 0 radical (unpaired) electrons. The molecule has 0 aliphatic rings. The lowest BCUT2D eigenvalue weighted by Crippen LogP contribution is -2.36. The Hall–Kier alpha value is -1.39. The highest BCUT2D eigenvalue weighted by Crippen LogP contribution is 2.25. The number of nitrogens with one attached hydrogen (secondary N) is 1. The predicted molar refractivity (Wildman–Crippen MR) is 84.1 cm³/mol. The van der Waals surface area contributed by atoms with Gasteiger partial charge in [0.05, 0.1) is 10.5 Å². The van der Waals surface area contributed by atoms with Crippen LogP contribution in [0, 0.1) is 10.1 Å². The number of nitrogens with zero attached hydrogens (tertiary/aromatic N) is 1. The number of hydrogen-bond acceptors (Lipinski definition) is 3. The third kappa shape index (κ3) is 5.31. The van der Waals surface area contributed by atoms with Crippen LogP contribution < -0.4 is 5.32 Å². The molecule has 20 heavy (non-hydrogen) atoms. The Labute approximate surface area is 125 Å². The molecule has 0 saturated carbocycles. The fraction of sp³-hybridized carbons (Fsp3) is 0.467. The van der Waals surface area contributed by atoms with Crippen LogP contribution in [0.2, 0.25) is 5.02 Å². The van der Waals surface area contributed by atoms with Gasteiger partial charge in [0.1, 0.15) is 0 Å². The summed E-state index contributed by atoms with van der Waals surface area (Å²) in [4.78, 5) is 10.7. The molecule has 110 valence electrons. The molecule has 0 saturated heterocycles. The highest BCUT2D eigenvalue weighted by atomic mass is 35.5. The van der Waals surface area contributed by atoms with Crippen molar-refractivity contribution in [2.75, 3.05) is 6.54 Å². The molecule has 0 aromatic heterocycles. The first-order chi connectivity index (χ1) is 9.23. The Morgan fingerprint density at radius 1 is 1.45 bits per heavy atom. The van der Waals surface area contributed by atoms with Gasteiger partial charge in [-0.05, 0) is 45.4 Å². The Morgan fingerprint density at radius 3 is 2.60 bits per heavy atom. The number of hydrogen-bond donors (Lipinski definition) is 1. The highest BCUT2D eigenvalue weighted by Gasteiger charge is 2.14. The van der Waals surface area contributed by atoms with E-state index in [-0.39, 0.29) is 16.1 Å². The van der Waals surface area contributed by atoms with Crippen LogP contribution in [0.4, 0.5) is 5.69 Å². The maximum absolute atomic E-state index is 11.0. The number of rotatable bonds is 5. The second kappa shape index (κ2) is 6.86. The molecule has 0 atom stereocenters. The molecule has 1 N–H and O–H groups in total. The third-order valence-corrected chi connectivity index (χ3v) is 3.08. The number of nitro groups is 1. The van der Waals surface area contributed by atoms with Gasteiger partial charge in [-0.2, -0.15) is 0 Å². The molecule has 0 aliphatic carbocycles. The van der Waals surface area contributed by atoms with E-state index in [9.17, 15) is 10.1 Å². The standard InChI is InChI=1S/C15H21ClN2O2/c1-5-11(10-17-15(2,3)4)8-12-9-13(16)6-7-14(12)18(19)20/h6-9,17H,5,10H2,1-4H3/b11-8-. The van der Waals surface area contributed by atoms with Crippen molar-refractivity contribution in [1.29, 1.82) is 0 Å². The van der Waals surface area contributed by atoms with E-state index in [0.717, 1.165) is 12.0 Å². The molecule has 0 aliphatic heterocycles. The van der Waals surface area contributed by atoms with E-state index >= 15 is 0 Å². The van der Waals surface area contributed by atoms with Gasteiger partial charge in [-0.3, -0.25) is 10.1 Å². The zero-order valence-electron chi connectivity index (χ0n) is 12.4. The van der Waals surface area contributed by atoms with Crippen LogP contribution in [0.5, 0.6) is 0 Å². The summed E-state index contributed by atoms with van der Waals surface area (Å²) >= 11 is 5.93. The van der Waals surface area contributed by atoms with E-state index in [1.807, 2.05) is 13.0 Å². The Balaban J connectivity index is 3.05. The van der Waals surface area contributed by atoms with Gasteiger partial charge in [0.25, 0.3) is 5.69 Å². The van der Waals surface area contributed by atoms with E-state index in [1.165, 1.54) is 12.1 Å². The molecule has 0 spiro atoms. The van der Waals surface area contributed by atoms with E-state index in [0.29, 0.717) is 17.1 Å². The van der Waals surface area contributed by atoms with Crippen molar-refractivity contribution in [3.63, 3.8) is 0 Å². The van der Waals surface area contributed by atoms with Crippen LogP contribution in [0.25, 0.3) is 6.08 Å². The van der Waals surface area contributed by atoms with Gasteiger partial charge in [-0.1, -0.05) is 24.1 Å². The normalized spacial score (nSPS) is 12.6. The minimum Gasteiger partial charge on any atom is -0.308 e. The van der Waals surface area contributed by atoms with E-state index in [2.05, 4.69) is 26.1 Å². The van der Waals surface area contributed by atoms with Gasteiger partial charge in [0, 0.05) is 23.2 Å². The van der Waals surface area contributed by atoms with Gasteiger partial charge >= 0.3 is 0 Å². The fourth-order valence-corrected chi connectivity index (χ4v) is 1.86. The van der Waals surface area contributed by atoms with Gasteiger partial charge in [0.2, 0.25) is 0 Å². The van der Waals surface area contributed by atoms with Crippen LogP contribution >= 0.6 is 11.6 Å². The zero-order chi connectivity index (χ0) is 15.3. The third-order valence-electron chi connectivity index (χ3n) is 2.85. The molecule has 0 heterocycles. The van der Waals surface area contributed by atoms with Crippen LogP contribution in [0.1, 0.15) is 39.7 Å². The summed E-state index contributed by atoms with van der Waals surface area (Å²) in [6.07, 6.45) is 2.68. The Bertz CT molecular complexity index is 519. The van der Waals surface area contributed by atoms with Crippen LogP contribution in [-0.4, -0.2) is 17.0 Å². The quantitative estimate of drug-likeness (QED) is 0.646. The van der Waals surface area contributed by atoms with Crippen LogP contribution in [-0.2, 0) is 0 Å². The molecule has 0 bridgehead atoms. The first-order valence-electron chi connectivity index (χ1n) is 6.61. The minimum atomic E-state index is -0.382. The van der Waals surface area contributed by atoms with E-state index in [4.69, 9.17) is 11.6 Å². The first-order valence-corrected chi connectivity index (χ1v) is 6.99. The number of benzene rings is 1. The van der Waals surface area contributed by atoms with Crippen molar-refractivity contribution >= 4 is 23.4 Å². The van der Waals surface area contributed by atoms with E-state index < -0.39 is 0 Å². The van der Waals surface area contributed by atoms with Gasteiger partial charge in [0.15, 0.2) is 0 Å². The van der Waals surface area contributed by atoms with Crippen molar-refractivity contribution in [3.8, 4) is 0 Å². The number of halogens is 1. The van der Waals surface area contributed by atoms with Gasteiger partial charge in [-0.25, -0.2) is 0 Å². The molecule has 1 aromatic carbocycles. The fourth-order valence-electron chi connectivity index (χ4n) is 1.68. The topological polar surface area (TPSA) is 55.2 Å². The molecule has 5 heteroatoms. The largest absolute Gasteiger partial charge is 0.308 e. The highest BCUT2D eigenvalue weighted by molar-refractivity contribution is 6.30. The smallest absolute Gasteiger partial charge is 0.276 e. The molecule has 1 rings (SSSR count). The summed E-state index contributed by atoms with van der Waals surface area (Å²) in [7, 11) is 0. The van der Waals surface area contributed by atoms with E-state index in [1.54, 1.807) is 6.07 Å². The predicted octanol–water partition coefficient (Wildman–Crippen LogP) is 4.43. The summed E-state index contributed by atoms with van der Waals surface area (Å²) in [6.45, 7) is 8.99. The van der Waals surface area contributed by atoms with Crippen LogP contribution in [0.15, 0.2) is 23.8 Å². The summed E-state index contributed by atoms with van der Waals surface area (Å²) in [5.74, 6) is 0. The minimum absolute atomic E-state index is 0.00846. The monoisotopic (exact) mass is 296 g/mol. The molecular weight excluding hydrogens is 276 g/mol. The van der Waals surface area contributed by atoms with Gasteiger partial charge < -0.3 is 5.32 Å². The Morgan fingerprint density at radius 2 is 2.10 bits per heavy atom. The summed E-state index contributed by atoms with van der Waals surface area (Å²) in [5, 5.41) is 14.9. The molecule has 0 amide bonds. The molecular formula is C15H21ClN2O2.